The molecule has 0 aromatic rings. The second kappa shape index (κ2) is 4.81. The third-order valence-electron chi connectivity index (χ3n) is 3.68. The first-order chi connectivity index (χ1) is 7.15. The van der Waals surface area contributed by atoms with Crippen molar-refractivity contribution in [3.05, 3.63) is 0 Å². The van der Waals surface area contributed by atoms with Crippen LogP contribution in [-0.2, 0) is 4.74 Å². The van der Waals surface area contributed by atoms with Crippen LogP contribution in [0, 0.1) is 5.92 Å². The highest BCUT2D eigenvalue weighted by Crippen LogP contribution is 2.19. The Morgan fingerprint density at radius 2 is 1.87 bits per heavy atom. The highest BCUT2D eigenvalue weighted by atomic mass is 16.5. The first kappa shape index (κ1) is 11.4. The second-order valence-electron chi connectivity index (χ2n) is 5.27. The Bertz CT molecular complexity index is 200. The van der Waals surface area contributed by atoms with E-state index >= 15 is 0 Å². The van der Waals surface area contributed by atoms with Gasteiger partial charge in [0.25, 0.3) is 0 Å². The maximum atomic E-state index is 5.75. The van der Waals surface area contributed by atoms with Gasteiger partial charge in [0.2, 0.25) is 0 Å². The molecule has 88 valence electrons. The largest absolute Gasteiger partial charge is 0.373 e. The number of hydrogen-bond donors (Lipinski definition) is 1. The van der Waals surface area contributed by atoms with E-state index < -0.39 is 0 Å². The van der Waals surface area contributed by atoms with E-state index in [-0.39, 0.29) is 0 Å². The van der Waals surface area contributed by atoms with E-state index in [4.69, 9.17) is 4.74 Å². The van der Waals surface area contributed by atoms with E-state index in [0.29, 0.717) is 18.2 Å². The number of ether oxygens (including phenoxy) is 1. The summed E-state index contributed by atoms with van der Waals surface area (Å²) in [5.74, 6) is 0.836. The summed E-state index contributed by atoms with van der Waals surface area (Å²) >= 11 is 0. The molecule has 2 aliphatic rings. The zero-order valence-electron chi connectivity index (χ0n) is 10.2. The fourth-order valence-corrected chi connectivity index (χ4v) is 2.93. The molecular formula is C12H24N2O. The van der Waals surface area contributed by atoms with Crippen molar-refractivity contribution in [3.63, 3.8) is 0 Å². The first-order valence-corrected chi connectivity index (χ1v) is 6.26. The van der Waals surface area contributed by atoms with Crippen molar-refractivity contribution in [3.8, 4) is 0 Å². The van der Waals surface area contributed by atoms with E-state index in [9.17, 15) is 0 Å². The molecule has 0 aromatic heterocycles. The molecule has 2 aliphatic heterocycles. The average molecular weight is 212 g/mol. The Hall–Kier alpha value is -0.120. The van der Waals surface area contributed by atoms with Gasteiger partial charge in [0.1, 0.15) is 0 Å². The van der Waals surface area contributed by atoms with Crippen molar-refractivity contribution in [2.75, 3.05) is 26.2 Å². The smallest absolute Gasteiger partial charge is 0.0678 e. The van der Waals surface area contributed by atoms with Crippen LogP contribution >= 0.6 is 0 Å². The van der Waals surface area contributed by atoms with Gasteiger partial charge in [-0.05, 0) is 39.7 Å². The second-order valence-corrected chi connectivity index (χ2v) is 5.27. The predicted molar refractivity (Wildman–Crippen MR) is 62.0 cm³/mol. The summed E-state index contributed by atoms with van der Waals surface area (Å²) < 4.78 is 5.75. The van der Waals surface area contributed by atoms with Crippen LogP contribution in [0.5, 0.6) is 0 Å². The summed E-state index contributed by atoms with van der Waals surface area (Å²) in [6.07, 6.45) is 2.14. The van der Waals surface area contributed by atoms with Crippen molar-refractivity contribution < 1.29 is 4.74 Å². The zero-order chi connectivity index (χ0) is 10.8. The minimum Gasteiger partial charge on any atom is -0.373 e. The van der Waals surface area contributed by atoms with Crippen LogP contribution in [0.2, 0.25) is 0 Å². The summed E-state index contributed by atoms with van der Waals surface area (Å²) in [5.41, 5.74) is 0. The van der Waals surface area contributed by atoms with Crippen LogP contribution < -0.4 is 5.32 Å². The molecule has 4 unspecified atom stereocenters. The van der Waals surface area contributed by atoms with Gasteiger partial charge in [-0.1, -0.05) is 0 Å². The van der Waals surface area contributed by atoms with Gasteiger partial charge in [0.15, 0.2) is 0 Å². The molecule has 0 spiro atoms. The third kappa shape index (κ3) is 2.92. The standard InChI is InChI=1S/C12H24N2O/c1-9-6-14(7-10(2)15-9)8-12-4-5-13-11(12)3/h9-13H,4-8H2,1-3H3. The summed E-state index contributed by atoms with van der Waals surface area (Å²) in [6, 6.07) is 0.693. The number of nitrogens with one attached hydrogen (secondary N) is 1. The lowest BCUT2D eigenvalue weighted by Gasteiger charge is -2.37. The zero-order valence-corrected chi connectivity index (χ0v) is 10.2. The molecule has 0 radical (unpaired) electrons. The van der Waals surface area contributed by atoms with Gasteiger partial charge in [-0.15, -0.1) is 0 Å². The molecule has 0 saturated carbocycles. The van der Waals surface area contributed by atoms with Gasteiger partial charge in [-0.2, -0.15) is 0 Å². The highest BCUT2D eigenvalue weighted by molar-refractivity contribution is 4.84. The molecule has 2 saturated heterocycles. The van der Waals surface area contributed by atoms with Crippen molar-refractivity contribution in [2.45, 2.75) is 45.4 Å². The van der Waals surface area contributed by atoms with Gasteiger partial charge in [0.05, 0.1) is 12.2 Å². The minimum absolute atomic E-state index is 0.401. The van der Waals surface area contributed by atoms with E-state index in [2.05, 4.69) is 31.0 Å². The van der Waals surface area contributed by atoms with Gasteiger partial charge < -0.3 is 10.1 Å². The molecule has 0 aliphatic carbocycles. The Morgan fingerprint density at radius 3 is 2.40 bits per heavy atom. The van der Waals surface area contributed by atoms with Crippen LogP contribution in [0.15, 0.2) is 0 Å². The molecule has 3 nitrogen and oxygen atoms in total. The molecule has 4 atom stereocenters. The van der Waals surface area contributed by atoms with Crippen molar-refractivity contribution in [2.24, 2.45) is 5.92 Å². The molecule has 1 N–H and O–H groups in total. The van der Waals surface area contributed by atoms with Crippen LogP contribution in [-0.4, -0.2) is 49.3 Å². The van der Waals surface area contributed by atoms with E-state index in [1.54, 1.807) is 0 Å². The minimum atomic E-state index is 0.401. The van der Waals surface area contributed by atoms with Gasteiger partial charge in [-0.25, -0.2) is 0 Å². The predicted octanol–water partition coefficient (Wildman–Crippen LogP) is 1.09. The fourth-order valence-electron chi connectivity index (χ4n) is 2.93. The lowest BCUT2D eigenvalue weighted by molar-refractivity contribution is -0.0716. The lowest BCUT2D eigenvalue weighted by atomic mass is 10.0. The molecule has 0 amide bonds. The average Bonchev–Trinajstić information content (AvgIpc) is 2.50. The van der Waals surface area contributed by atoms with Gasteiger partial charge in [-0.3, -0.25) is 4.90 Å². The third-order valence-corrected chi connectivity index (χ3v) is 3.68. The SMILES string of the molecule is CC1CN(CC2CCNC2C)CC(C)O1. The molecule has 15 heavy (non-hydrogen) atoms. The molecular weight excluding hydrogens is 188 g/mol. The van der Waals surface area contributed by atoms with Crippen molar-refractivity contribution in [1.82, 2.24) is 10.2 Å². The van der Waals surface area contributed by atoms with E-state index in [0.717, 1.165) is 19.0 Å². The van der Waals surface area contributed by atoms with Crippen LogP contribution in [0.3, 0.4) is 0 Å². The number of nitrogens with zero attached hydrogens (tertiary/aromatic N) is 1. The maximum Gasteiger partial charge on any atom is 0.0678 e. The van der Waals surface area contributed by atoms with Crippen molar-refractivity contribution >= 4 is 0 Å². The molecule has 2 fully saturated rings. The first-order valence-electron chi connectivity index (χ1n) is 6.26. The topological polar surface area (TPSA) is 24.5 Å². The Kier molecular flexibility index (Phi) is 3.65. The highest BCUT2D eigenvalue weighted by Gasteiger charge is 2.28. The molecule has 0 aromatic carbocycles. The summed E-state index contributed by atoms with van der Waals surface area (Å²) in [5, 5.41) is 3.52. The lowest BCUT2D eigenvalue weighted by Crippen LogP contribution is -2.48. The monoisotopic (exact) mass is 212 g/mol. The number of rotatable bonds is 2. The van der Waals surface area contributed by atoms with Crippen LogP contribution in [0.4, 0.5) is 0 Å². The fraction of sp³-hybridized carbons (Fsp3) is 1.00. The molecule has 0 bridgehead atoms. The van der Waals surface area contributed by atoms with E-state index in [1.807, 2.05) is 0 Å². The van der Waals surface area contributed by atoms with Crippen LogP contribution in [0.25, 0.3) is 0 Å². The molecule has 3 heteroatoms. The van der Waals surface area contributed by atoms with Gasteiger partial charge >= 0.3 is 0 Å². The molecule has 2 heterocycles. The van der Waals surface area contributed by atoms with Gasteiger partial charge in [0, 0.05) is 25.7 Å². The quantitative estimate of drug-likeness (QED) is 0.741. The Morgan fingerprint density at radius 1 is 1.20 bits per heavy atom. The van der Waals surface area contributed by atoms with E-state index in [1.165, 1.54) is 19.5 Å². The maximum absolute atomic E-state index is 5.75. The Balaban J connectivity index is 1.83. The summed E-state index contributed by atoms with van der Waals surface area (Å²) in [7, 11) is 0. The normalized spacial score (nSPS) is 43.4. The number of morpholine rings is 1. The van der Waals surface area contributed by atoms with Crippen molar-refractivity contribution in [1.29, 1.82) is 0 Å². The molecule has 2 rings (SSSR count). The summed E-state index contributed by atoms with van der Waals surface area (Å²) in [6.45, 7) is 11.3. The van der Waals surface area contributed by atoms with Crippen LogP contribution in [0.1, 0.15) is 27.2 Å². The summed E-state index contributed by atoms with van der Waals surface area (Å²) in [4.78, 5) is 2.58. The number of hydrogen-bond acceptors (Lipinski definition) is 3. The Labute approximate surface area is 93.2 Å².